The number of hydrogen-bond donors (Lipinski definition) is 0. The number of furan rings is 1. The summed E-state index contributed by atoms with van der Waals surface area (Å²) >= 11 is 3.32. The van der Waals surface area contributed by atoms with Crippen molar-refractivity contribution in [1.82, 2.24) is 24.6 Å². The Hall–Kier alpha value is -2.42. The lowest BCUT2D eigenvalue weighted by Crippen LogP contribution is -2.30. The molecule has 3 aromatic heterocycles. The number of thioether (sulfide) groups is 1. The Kier molecular flexibility index (Phi) is 6.71. The first-order valence-electron chi connectivity index (χ1n) is 11.1. The van der Waals surface area contributed by atoms with E-state index in [4.69, 9.17) is 9.40 Å². The fraction of sp³-hybridized carbons (Fsp3) is 0.375. The Morgan fingerprint density at radius 3 is 2.62 bits per heavy atom. The van der Waals surface area contributed by atoms with Crippen molar-refractivity contribution < 1.29 is 4.42 Å². The fourth-order valence-electron chi connectivity index (χ4n) is 3.96. The third-order valence-corrected chi connectivity index (χ3v) is 7.55. The number of thiazole rings is 1. The molecule has 0 unspecified atom stereocenters. The Morgan fingerprint density at radius 2 is 1.84 bits per heavy atom. The largest absolute Gasteiger partial charge is 0.459 e. The van der Waals surface area contributed by atoms with E-state index in [9.17, 15) is 0 Å². The molecule has 1 aliphatic rings. The number of piperidine rings is 1. The lowest BCUT2D eigenvalue weighted by atomic mass is 10.1. The molecule has 0 saturated carbocycles. The van der Waals surface area contributed by atoms with E-state index in [-0.39, 0.29) is 0 Å². The van der Waals surface area contributed by atoms with E-state index in [1.807, 2.05) is 19.1 Å². The van der Waals surface area contributed by atoms with Crippen molar-refractivity contribution in [2.75, 3.05) is 13.1 Å². The molecule has 0 bridgehead atoms. The van der Waals surface area contributed by atoms with Crippen molar-refractivity contribution in [3.63, 3.8) is 0 Å². The predicted molar refractivity (Wildman–Crippen MR) is 129 cm³/mol. The maximum Gasteiger partial charge on any atom is 0.191 e. The van der Waals surface area contributed by atoms with E-state index >= 15 is 0 Å². The quantitative estimate of drug-likeness (QED) is 0.314. The molecular weight excluding hydrogens is 438 g/mol. The average Bonchev–Trinajstić information content (AvgIpc) is 3.55. The first kappa shape index (κ1) is 21.4. The lowest BCUT2D eigenvalue weighted by Gasteiger charge is -2.26. The van der Waals surface area contributed by atoms with Gasteiger partial charge in [-0.15, -0.1) is 21.5 Å². The zero-order valence-electron chi connectivity index (χ0n) is 18.2. The van der Waals surface area contributed by atoms with Crippen molar-refractivity contribution in [2.45, 2.75) is 50.2 Å². The van der Waals surface area contributed by atoms with Crippen LogP contribution in [-0.4, -0.2) is 37.7 Å². The Balaban J connectivity index is 1.32. The van der Waals surface area contributed by atoms with Crippen molar-refractivity contribution in [1.29, 1.82) is 0 Å². The summed E-state index contributed by atoms with van der Waals surface area (Å²) in [6.07, 6.45) is 3.88. The maximum atomic E-state index is 5.72. The highest BCUT2D eigenvalue weighted by atomic mass is 32.2. The van der Waals surface area contributed by atoms with Crippen LogP contribution >= 0.6 is 23.1 Å². The second-order valence-corrected chi connectivity index (χ2v) is 9.95. The van der Waals surface area contributed by atoms with E-state index in [1.54, 1.807) is 23.1 Å². The van der Waals surface area contributed by atoms with Gasteiger partial charge in [-0.3, -0.25) is 4.90 Å². The van der Waals surface area contributed by atoms with E-state index in [1.165, 1.54) is 24.8 Å². The van der Waals surface area contributed by atoms with Crippen molar-refractivity contribution in [3.8, 4) is 10.8 Å². The van der Waals surface area contributed by atoms with Gasteiger partial charge in [0.1, 0.15) is 11.6 Å². The number of aryl methyl sites for hydroxylation is 1. The predicted octanol–water partition coefficient (Wildman–Crippen LogP) is 5.63. The zero-order chi connectivity index (χ0) is 21.8. The molecule has 0 N–H and O–H groups in total. The van der Waals surface area contributed by atoms with Crippen LogP contribution in [-0.2, 0) is 18.8 Å². The smallest absolute Gasteiger partial charge is 0.191 e. The van der Waals surface area contributed by atoms with Gasteiger partial charge in [0.25, 0.3) is 0 Å². The van der Waals surface area contributed by atoms with Gasteiger partial charge in [-0.2, -0.15) is 0 Å². The number of aromatic nitrogens is 4. The van der Waals surface area contributed by atoms with Gasteiger partial charge < -0.3 is 8.98 Å². The van der Waals surface area contributed by atoms with Gasteiger partial charge in [0.05, 0.1) is 18.8 Å². The monoisotopic (exact) mass is 465 g/mol. The Bertz CT molecular complexity index is 1140. The second kappa shape index (κ2) is 10.0. The molecule has 4 aromatic rings. The molecule has 32 heavy (non-hydrogen) atoms. The van der Waals surface area contributed by atoms with Crippen LogP contribution in [0.2, 0.25) is 0 Å². The van der Waals surface area contributed by atoms with Gasteiger partial charge in [-0.05, 0) is 50.6 Å². The van der Waals surface area contributed by atoms with Crippen LogP contribution in [0, 0.1) is 6.92 Å². The minimum absolute atomic E-state index is 0.757. The van der Waals surface area contributed by atoms with Crippen LogP contribution in [0.25, 0.3) is 10.8 Å². The Labute approximate surface area is 196 Å². The summed E-state index contributed by atoms with van der Waals surface area (Å²) in [5.41, 5.74) is 2.30. The summed E-state index contributed by atoms with van der Waals surface area (Å²) in [7, 11) is 0. The molecule has 1 aromatic carbocycles. The van der Waals surface area contributed by atoms with Crippen molar-refractivity contribution in [2.24, 2.45) is 0 Å². The van der Waals surface area contributed by atoms with Gasteiger partial charge in [0, 0.05) is 11.1 Å². The molecule has 8 heteroatoms. The normalized spacial score (nSPS) is 14.8. The molecule has 0 radical (unpaired) electrons. The maximum absolute atomic E-state index is 5.72. The van der Waals surface area contributed by atoms with Crippen LogP contribution in [0.4, 0.5) is 0 Å². The molecule has 6 nitrogen and oxygen atoms in total. The molecule has 1 fully saturated rings. The van der Waals surface area contributed by atoms with E-state index in [0.717, 1.165) is 65.1 Å². The van der Waals surface area contributed by atoms with Crippen LogP contribution in [0.5, 0.6) is 0 Å². The van der Waals surface area contributed by atoms with E-state index in [0.29, 0.717) is 0 Å². The topological polar surface area (TPSA) is 60.0 Å². The van der Waals surface area contributed by atoms with Gasteiger partial charge in [0.15, 0.2) is 15.9 Å². The molecule has 4 heterocycles. The molecule has 1 saturated heterocycles. The molecule has 166 valence electrons. The third-order valence-electron chi connectivity index (χ3n) is 5.64. The van der Waals surface area contributed by atoms with E-state index in [2.05, 4.69) is 55.4 Å². The molecule has 5 rings (SSSR count). The second-order valence-electron chi connectivity index (χ2n) is 8.15. The van der Waals surface area contributed by atoms with Crippen molar-refractivity contribution in [3.05, 3.63) is 70.7 Å². The van der Waals surface area contributed by atoms with E-state index < -0.39 is 0 Å². The highest BCUT2D eigenvalue weighted by molar-refractivity contribution is 7.98. The van der Waals surface area contributed by atoms with Crippen LogP contribution < -0.4 is 0 Å². The number of benzene rings is 1. The van der Waals surface area contributed by atoms with Crippen LogP contribution in [0.3, 0.4) is 0 Å². The molecule has 0 spiro atoms. The van der Waals surface area contributed by atoms with Gasteiger partial charge in [-0.25, -0.2) is 4.98 Å². The first-order valence-corrected chi connectivity index (χ1v) is 12.9. The molecule has 0 aliphatic carbocycles. The first-order chi connectivity index (χ1) is 15.7. The van der Waals surface area contributed by atoms with Crippen LogP contribution in [0.15, 0.2) is 57.4 Å². The fourth-order valence-corrected chi connectivity index (χ4v) is 5.69. The minimum Gasteiger partial charge on any atom is -0.459 e. The zero-order valence-corrected chi connectivity index (χ0v) is 19.9. The summed E-state index contributed by atoms with van der Waals surface area (Å²) in [4.78, 5) is 7.26. The highest BCUT2D eigenvalue weighted by Gasteiger charge is 2.18. The number of likely N-dealkylation sites (tertiary alicyclic amines) is 1. The average molecular weight is 466 g/mol. The highest BCUT2D eigenvalue weighted by Crippen LogP contribution is 2.29. The SMILES string of the molecule is Cc1ccc(-c2nc(CSc3nnc(CN4CCCCC4)n3Cc3ccccc3)cs2)o1. The summed E-state index contributed by atoms with van der Waals surface area (Å²) in [6.45, 7) is 5.89. The number of nitrogens with zero attached hydrogens (tertiary/aromatic N) is 5. The summed E-state index contributed by atoms with van der Waals surface area (Å²) in [5.74, 6) is 3.54. The molecule has 0 atom stereocenters. The van der Waals surface area contributed by atoms with Crippen LogP contribution in [0.1, 0.15) is 42.1 Å². The summed E-state index contributed by atoms with van der Waals surface area (Å²) < 4.78 is 7.99. The van der Waals surface area contributed by atoms with Gasteiger partial charge >= 0.3 is 0 Å². The minimum atomic E-state index is 0.757. The standard InChI is InChI=1S/C24H27N5OS2/c1-18-10-11-21(30-18)23-25-20(16-31-23)17-32-24-27-26-22(15-28-12-6-3-7-13-28)29(24)14-19-8-4-2-5-9-19/h2,4-5,8-11,16H,3,6-7,12-15,17H2,1H3. The number of hydrogen-bond acceptors (Lipinski definition) is 7. The van der Waals surface area contributed by atoms with Gasteiger partial charge in [0.2, 0.25) is 0 Å². The molecule has 0 amide bonds. The Morgan fingerprint density at radius 1 is 1.00 bits per heavy atom. The van der Waals surface area contributed by atoms with Crippen molar-refractivity contribution >= 4 is 23.1 Å². The third kappa shape index (κ3) is 5.14. The lowest BCUT2D eigenvalue weighted by molar-refractivity contribution is 0.213. The van der Waals surface area contributed by atoms with Gasteiger partial charge in [-0.1, -0.05) is 48.5 Å². The molecule has 1 aliphatic heterocycles. The summed E-state index contributed by atoms with van der Waals surface area (Å²) in [5, 5.41) is 13.1. The molecular formula is C24H27N5OS2. The summed E-state index contributed by atoms with van der Waals surface area (Å²) in [6, 6.07) is 14.5. The number of rotatable bonds is 8.